The van der Waals surface area contributed by atoms with Crippen molar-refractivity contribution in [1.82, 2.24) is 0 Å². The second-order valence-electron chi connectivity index (χ2n) is 3.85. The summed E-state index contributed by atoms with van der Waals surface area (Å²) in [6.45, 7) is 0. The monoisotopic (exact) mass is 300 g/mol. The first kappa shape index (κ1) is 10.1. The van der Waals surface area contributed by atoms with Gasteiger partial charge in [-0.2, -0.15) is 0 Å². The summed E-state index contributed by atoms with van der Waals surface area (Å²) in [7, 11) is 0. The number of rotatable bonds is 2. The number of carbonyl (C=O) groups is 1. The second-order valence-corrected chi connectivity index (χ2v) is 4.93. The number of carbonyl (C=O) groups excluding carboxylic acids is 1. The molecule has 74 valence electrons. The van der Waals surface area contributed by atoms with Crippen molar-refractivity contribution in [3.63, 3.8) is 0 Å². The maximum Gasteiger partial charge on any atom is 0.151 e. The topological polar surface area (TPSA) is 17.1 Å². The predicted octanol–water partition coefficient (Wildman–Crippen LogP) is 3.76. The first-order valence-electron chi connectivity index (χ1n) is 5.06. The second kappa shape index (κ2) is 4.43. The van der Waals surface area contributed by atoms with Crippen molar-refractivity contribution in [3.8, 4) is 0 Å². The summed E-state index contributed by atoms with van der Waals surface area (Å²) in [4.78, 5) is 10.8. The van der Waals surface area contributed by atoms with E-state index in [1.807, 2.05) is 12.1 Å². The van der Waals surface area contributed by atoms with E-state index in [1.165, 1.54) is 31.2 Å². The van der Waals surface area contributed by atoms with Crippen LogP contribution in [0.2, 0.25) is 0 Å². The molecular weight excluding hydrogens is 287 g/mol. The number of benzene rings is 1. The average Bonchev–Trinajstić information content (AvgIpc) is 2.71. The van der Waals surface area contributed by atoms with E-state index in [0.717, 1.165) is 15.4 Å². The van der Waals surface area contributed by atoms with Gasteiger partial charge in [0.1, 0.15) is 0 Å². The van der Waals surface area contributed by atoms with Gasteiger partial charge < -0.3 is 0 Å². The summed E-state index contributed by atoms with van der Waals surface area (Å²) in [5, 5.41) is 0. The molecule has 1 aromatic carbocycles. The lowest BCUT2D eigenvalue weighted by Crippen LogP contribution is -1.98. The summed E-state index contributed by atoms with van der Waals surface area (Å²) >= 11 is 2.30. The van der Waals surface area contributed by atoms with Gasteiger partial charge in [-0.1, -0.05) is 31.0 Å². The van der Waals surface area contributed by atoms with Crippen LogP contribution in [0.4, 0.5) is 0 Å². The van der Waals surface area contributed by atoms with Gasteiger partial charge in [-0.05, 0) is 46.9 Å². The molecular formula is C12H13IO. The third kappa shape index (κ3) is 1.85. The van der Waals surface area contributed by atoms with Crippen molar-refractivity contribution in [1.29, 1.82) is 0 Å². The molecule has 0 saturated heterocycles. The molecule has 0 N–H and O–H groups in total. The molecule has 0 heterocycles. The van der Waals surface area contributed by atoms with E-state index in [2.05, 4.69) is 28.7 Å². The molecule has 1 aliphatic rings. The van der Waals surface area contributed by atoms with Crippen molar-refractivity contribution >= 4 is 28.9 Å². The Balaban J connectivity index is 2.36. The maximum absolute atomic E-state index is 10.8. The number of hydrogen-bond acceptors (Lipinski definition) is 1. The lowest BCUT2D eigenvalue weighted by molar-refractivity contribution is 0.112. The van der Waals surface area contributed by atoms with Crippen LogP contribution in [0, 0.1) is 3.57 Å². The highest BCUT2D eigenvalue weighted by molar-refractivity contribution is 14.1. The Kier molecular flexibility index (Phi) is 3.21. The Morgan fingerprint density at radius 2 is 2.00 bits per heavy atom. The molecule has 0 atom stereocenters. The Morgan fingerprint density at radius 1 is 1.29 bits per heavy atom. The van der Waals surface area contributed by atoms with Crippen LogP contribution in [0.25, 0.3) is 0 Å². The van der Waals surface area contributed by atoms with Gasteiger partial charge in [-0.3, -0.25) is 4.79 Å². The van der Waals surface area contributed by atoms with Gasteiger partial charge in [0.15, 0.2) is 6.29 Å². The van der Waals surface area contributed by atoms with E-state index in [9.17, 15) is 4.79 Å². The average molecular weight is 300 g/mol. The van der Waals surface area contributed by atoms with Crippen LogP contribution in [0.5, 0.6) is 0 Å². The first-order valence-corrected chi connectivity index (χ1v) is 6.14. The standard InChI is InChI=1S/C12H13IO/c13-12-10(8-14)6-3-7-11(12)9-4-1-2-5-9/h3,6-9H,1-2,4-5H2. The molecule has 1 aliphatic carbocycles. The third-order valence-electron chi connectivity index (χ3n) is 2.98. The minimum absolute atomic E-state index is 0.696. The Labute approximate surface area is 98.0 Å². The fourth-order valence-electron chi connectivity index (χ4n) is 2.21. The molecule has 0 radical (unpaired) electrons. The zero-order valence-electron chi connectivity index (χ0n) is 8.00. The minimum atomic E-state index is 0.696. The molecule has 1 aromatic rings. The van der Waals surface area contributed by atoms with E-state index in [1.54, 1.807) is 0 Å². The van der Waals surface area contributed by atoms with Gasteiger partial charge in [-0.25, -0.2) is 0 Å². The Morgan fingerprint density at radius 3 is 2.64 bits per heavy atom. The summed E-state index contributed by atoms with van der Waals surface area (Å²) < 4.78 is 1.16. The highest BCUT2D eigenvalue weighted by atomic mass is 127. The highest BCUT2D eigenvalue weighted by Crippen LogP contribution is 2.36. The van der Waals surface area contributed by atoms with E-state index in [4.69, 9.17) is 0 Å². The number of aldehydes is 1. The van der Waals surface area contributed by atoms with Crippen LogP contribution in [0.15, 0.2) is 18.2 Å². The SMILES string of the molecule is O=Cc1cccc(C2CCCC2)c1I. The van der Waals surface area contributed by atoms with Gasteiger partial charge in [0.25, 0.3) is 0 Å². The van der Waals surface area contributed by atoms with Crippen molar-refractivity contribution in [3.05, 3.63) is 32.9 Å². The molecule has 1 nitrogen and oxygen atoms in total. The zero-order valence-corrected chi connectivity index (χ0v) is 10.2. The van der Waals surface area contributed by atoms with Crippen molar-refractivity contribution in [2.24, 2.45) is 0 Å². The Bertz CT molecular complexity index is 340. The minimum Gasteiger partial charge on any atom is -0.298 e. The largest absolute Gasteiger partial charge is 0.298 e. The van der Waals surface area contributed by atoms with Gasteiger partial charge >= 0.3 is 0 Å². The van der Waals surface area contributed by atoms with Crippen LogP contribution in [-0.2, 0) is 0 Å². The van der Waals surface area contributed by atoms with Gasteiger partial charge in [0, 0.05) is 9.13 Å². The molecule has 0 spiro atoms. The summed E-state index contributed by atoms with van der Waals surface area (Å²) in [6, 6.07) is 6.07. The fraction of sp³-hybridized carbons (Fsp3) is 0.417. The van der Waals surface area contributed by atoms with Crippen LogP contribution >= 0.6 is 22.6 Å². The van der Waals surface area contributed by atoms with Gasteiger partial charge in [-0.15, -0.1) is 0 Å². The van der Waals surface area contributed by atoms with E-state index >= 15 is 0 Å². The lowest BCUT2D eigenvalue weighted by Gasteiger charge is -2.12. The molecule has 1 saturated carbocycles. The quantitative estimate of drug-likeness (QED) is 0.600. The molecule has 0 aliphatic heterocycles. The summed E-state index contributed by atoms with van der Waals surface area (Å²) in [5.74, 6) is 0.696. The normalized spacial score (nSPS) is 17.2. The summed E-state index contributed by atoms with van der Waals surface area (Å²) in [6.07, 6.45) is 6.22. The van der Waals surface area contributed by atoms with Crippen LogP contribution in [0.1, 0.15) is 47.5 Å². The van der Waals surface area contributed by atoms with Crippen LogP contribution < -0.4 is 0 Å². The maximum atomic E-state index is 10.8. The van der Waals surface area contributed by atoms with Gasteiger partial charge in [0.2, 0.25) is 0 Å². The molecule has 0 aromatic heterocycles. The molecule has 14 heavy (non-hydrogen) atoms. The summed E-state index contributed by atoms with van der Waals surface area (Å²) in [5.41, 5.74) is 2.22. The molecule has 0 amide bonds. The predicted molar refractivity (Wildman–Crippen MR) is 65.8 cm³/mol. The van der Waals surface area contributed by atoms with Gasteiger partial charge in [0.05, 0.1) is 0 Å². The molecule has 0 bridgehead atoms. The van der Waals surface area contributed by atoms with Crippen molar-refractivity contribution in [2.45, 2.75) is 31.6 Å². The zero-order chi connectivity index (χ0) is 9.97. The van der Waals surface area contributed by atoms with Crippen LogP contribution in [-0.4, -0.2) is 6.29 Å². The highest BCUT2D eigenvalue weighted by Gasteiger charge is 2.19. The number of hydrogen-bond donors (Lipinski definition) is 0. The Hall–Kier alpha value is -0.380. The first-order chi connectivity index (χ1) is 6.83. The molecule has 2 heteroatoms. The van der Waals surface area contributed by atoms with E-state index in [0.29, 0.717) is 5.92 Å². The molecule has 0 unspecified atom stereocenters. The van der Waals surface area contributed by atoms with Crippen molar-refractivity contribution < 1.29 is 4.79 Å². The van der Waals surface area contributed by atoms with E-state index in [-0.39, 0.29) is 0 Å². The third-order valence-corrected chi connectivity index (χ3v) is 4.23. The molecule has 1 fully saturated rings. The van der Waals surface area contributed by atoms with Crippen LogP contribution in [0.3, 0.4) is 0 Å². The fourth-order valence-corrected chi connectivity index (χ4v) is 3.14. The van der Waals surface area contributed by atoms with E-state index < -0.39 is 0 Å². The lowest BCUT2D eigenvalue weighted by atomic mass is 9.96. The smallest absolute Gasteiger partial charge is 0.151 e. The van der Waals surface area contributed by atoms with Crippen molar-refractivity contribution in [2.75, 3.05) is 0 Å². The molecule has 2 rings (SSSR count). The number of halogens is 1.